The van der Waals surface area contributed by atoms with Gasteiger partial charge in [-0.1, -0.05) is 30.3 Å². The molecule has 2 aromatic carbocycles. The predicted octanol–water partition coefficient (Wildman–Crippen LogP) is 3.39. The zero-order valence-electron chi connectivity index (χ0n) is 12.1. The summed E-state index contributed by atoms with van der Waals surface area (Å²) >= 11 is 1.59. The first kappa shape index (κ1) is 15.4. The Balaban J connectivity index is 2.08. The van der Waals surface area contributed by atoms with Crippen molar-refractivity contribution in [2.24, 2.45) is 5.73 Å². The zero-order valence-corrected chi connectivity index (χ0v) is 12.9. The van der Waals surface area contributed by atoms with Crippen LogP contribution in [0.4, 0.5) is 5.69 Å². The fourth-order valence-corrected chi connectivity index (χ4v) is 2.73. The Bertz CT molecular complexity index is 629. The lowest BCUT2D eigenvalue weighted by atomic mass is 10.1. The summed E-state index contributed by atoms with van der Waals surface area (Å²) in [5.74, 6) is 0. The van der Waals surface area contributed by atoms with Gasteiger partial charge >= 0.3 is 0 Å². The normalized spacial score (nSPS) is 10.1. The van der Waals surface area contributed by atoms with E-state index in [2.05, 4.69) is 35.7 Å². The Labute approximate surface area is 130 Å². The number of thioether (sulfide) groups is 1. The molecule has 0 radical (unpaired) electrons. The van der Waals surface area contributed by atoms with Crippen LogP contribution in [0.15, 0.2) is 47.4 Å². The van der Waals surface area contributed by atoms with Crippen molar-refractivity contribution in [3.63, 3.8) is 0 Å². The molecule has 21 heavy (non-hydrogen) atoms. The highest BCUT2D eigenvalue weighted by molar-refractivity contribution is 7.98. The number of anilines is 1. The van der Waals surface area contributed by atoms with Crippen LogP contribution in [0, 0.1) is 11.3 Å². The highest BCUT2D eigenvalue weighted by atomic mass is 32.2. The van der Waals surface area contributed by atoms with Crippen molar-refractivity contribution >= 4 is 17.4 Å². The van der Waals surface area contributed by atoms with E-state index in [0.29, 0.717) is 18.7 Å². The maximum absolute atomic E-state index is 9.31. The van der Waals surface area contributed by atoms with Crippen LogP contribution in [0.3, 0.4) is 0 Å². The molecule has 0 unspecified atom stereocenters. The number of nitriles is 1. The molecule has 0 atom stereocenters. The van der Waals surface area contributed by atoms with Gasteiger partial charge in [-0.05, 0) is 42.5 Å². The summed E-state index contributed by atoms with van der Waals surface area (Å²) in [4.78, 5) is 1.00. The maximum atomic E-state index is 9.31. The van der Waals surface area contributed by atoms with Crippen molar-refractivity contribution < 1.29 is 0 Å². The van der Waals surface area contributed by atoms with Crippen molar-refractivity contribution in [1.82, 2.24) is 0 Å². The van der Waals surface area contributed by atoms with E-state index in [1.54, 1.807) is 11.8 Å². The van der Waals surface area contributed by atoms with E-state index in [4.69, 9.17) is 5.73 Å². The monoisotopic (exact) mass is 297 g/mol. The van der Waals surface area contributed by atoms with Crippen molar-refractivity contribution in [3.05, 3.63) is 59.2 Å². The number of nitrogens with zero attached hydrogens (tertiary/aromatic N) is 1. The average Bonchev–Trinajstić information content (AvgIpc) is 2.54. The quantitative estimate of drug-likeness (QED) is 0.802. The first-order valence-electron chi connectivity index (χ1n) is 6.87. The minimum atomic E-state index is 0.671. The summed E-state index contributed by atoms with van der Waals surface area (Å²) in [7, 11) is 0. The summed E-state index contributed by atoms with van der Waals surface area (Å²) in [6, 6.07) is 16.6. The van der Waals surface area contributed by atoms with Gasteiger partial charge in [-0.25, -0.2) is 0 Å². The molecule has 0 aromatic heterocycles. The van der Waals surface area contributed by atoms with Crippen LogP contribution >= 0.6 is 11.8 Å². The van der Waals surface area contributed by atoms with Gasteiger partial charge in [0.25, 0.3) is 0 Å². The molecule has 0 aliphatic carbocycles. The molecule has 0 amide bonds. The second-order valence-corrected chi connectivity index (χ2v) is 5.55. The lowest BCUT2D eigenvalue weighted by Crippen LogP contribution is -2.04. The number of hydrogen-bond donors (Lipinski definition) is 2. The van der Waals surface area contributed by atoms with Crippen LogP contribution in [-0.4, -0.2) is 12.8 Å². The van der Waals surface area contributed by atoms with Gasteiger partial charge in [0.15, 0.2) is 0 Å². The lowest BCUT2D eigenvalue weighted by molar-refractivity contribution is 0.966. The van der Waals surface area contributed by atoms with Gasteiger partial charge in [-0.2, -0.15) is 5.26 Å². The number of hydrogen-bond acceptors (Lipinski definition) is 4. The Hall–Kier alpha value is -1.96. The Kier molecular flexibility index (Phi) is 5.68. The van der Waals surface area contributed by atoms with E-state index >= 15 is 0 Å². The molecule has 0 bridgehead atoms. The second kappa shape index (κ2) is 7.72. The van der Waals surface area contributed by atoms with E-state index in [-0.39, 0.29) is 0 Å². The van der Waals surface area contributed by atoms with Crippen LogP contribution in [0.1, 0.15) is 16.7 Å². The third-order valence-electron chi connectivity index (χ3n) is 3.30. The van der Waals surface area contributed by atoms with Gasteiger partial charge in [0, 0.05) is 11.4 Å². The van der Waals surface area contributed by atoms with E-state index in [0.717, 1.165) is 17.0 Å². The summed E-state index contributed by atoms with van der Waals surface area (Å²) in [5.41, 5.74) is 9.59. The molecular formula is C17H19N3S. The van der Waals surface area contributed by atoms with Crippen LogP contribution in [-0.2, 0) is 13.0 Å². The smallest absolute Gasteiger partial charge is 0.102 e. The second-order valence-electron chi connectivity index (χ2n) is 4.70. The highest BCUT2D eigenvalue weighted by Gasteiger charge is 2.06. The van der Waals surface area contributed by atoms with Gasteiger partial charge < -0.3 is 11.1 Å². The average molecular weight is 297 g/mol. The van der Waals surface area contributed by atoms with Gasteiger partial charge in [-0.3, -0.25) is 0 Å². The van der Waals surface area contributed by atoms with Gasteiger partial charge in [-0.15, -0.1) is 11.8 Å². The Morgan fingerprint density at radius 3 is 2.48 bits per heavy atom. The standard InChI is InChI=1S/C17H19N3S/c1-21-17-4-2-3-16(15(17)11-19)20-12-14-7-5-13(6-8-14)9-10-18/h2-8,20H,9-10,12,18H2,1H3. The van der Waals surface area contributed by atoms with Crippen molar-refractivity contribution in [2.45, 2.75) is 17.9 Å². The van der Waals surface area contributed by atoms with Crippen LogP contribution in [0.25, 0.3) is 0 Å². The molecule has 4 heteroatoms. The SMILES string of the molecule is CSc1cccc(NCc2ccc(CCN)cc2)c1C#N. The minimum absolute atomic E-state index is 0.671. The van der Waals surface area contributed by atoms with Crippen LogP contribution in [0.5, 0.6) is 0 Å². The number of benzene rings is 2. The molecule has 0 aliphatic heterocycles. The van der Waals surface area contributed by atoms with Gasteiger partial charge in [0.2, 0.25) is 0 Å². The van der Waals surface area contributed by atoms with Gasteiger partial charge in [0.1, 0.15) is 6.07 Å². The van der Waals surface area contributed by atoms with Crippen LogP contribution in [0.2, 0.25) is 0 Å². The summed E-state index contributed by atoms with van der Waals surface area (Å²) in [6.45, 7) is 1.38. The van der Waals surface area contributed by atoms with Crippen molar-refractivity contribution in [2.75, 3.05) is 18.1 Å². The fourth-order valence-electron chi connectivity index (χ4n) is 2.15. The molecule has 0 aliphatic rings. The molecule has 0 spiro atoms. The van der Waals surface area contributed by atoms with E-state index in [1.807, 2.05) is 24.5 Å². The number of nitrogens with one attached hydrogen (secondary N) is 1. The Morgan fingerprint density at radius 2 is 1.86 bits per heavy atom. The number of nitrogens with two attached hydrogens (primary N) is 1. The first-order chi connectivity index (χ1) is 10.3. The molecule has 2 rings (SSSR count). The van der Waals surface area contributed by atoms with Gasteiger partial charge in [0.05, 0.1) is 11.3 Å². The molecule has 0 heterocycles. The molecule has 0 saturated heterocycles. The first-order valence-corrected chi connectivity index (χ1v) is 8.10. The molecule has 3 nitrogen and oxygen atoms in total. The van der Waals surface area contributed by atoms with E-state index in [1.165, 1.54) is 11.1 Å². The highest BCUT2D eigenvalue weighted by Crippen LogP contribution is 2.26. The predicted molar refractivity (Wildman–Crippen MR) is 89.5 cm³/mol. The van der Waals surface area contributed by atoms with Crippen molar-refractivity contribution in [1.29, 1.82) is 5.26 Å². The van der Waals surface area contributed by atoms with E-state index < -0.39 is 0 Å². The molecule has 0 fully saturated rings. The lowest BCUT2D eigenvalue weighted by Gasteiger charge is -2.11. The topological polar surface area (TPSA) is 61.8 Å². The Morgan fingerprint density at radius 1 is 1.14 bits per heavy atom. The third kappa shape index (κ3) is 4.01. The third-order valence-corrected chi connectivity index (χ3v) is 4.08. The molecule has 0 saturated carbocycles. The maximum Gasteiger partial charge on any atom is 0.102 e. The number of rotatable bonds is 6. The molecule has 108 valence electrons. The summed E-state index contributed by atoms with van der Waals surface area (Å²) < 4.78 is 0. The molecular weight excluding hydrogens is 278 g/mol. The summed E-state index contributed by atoms with van der Waals surface area (Å²) in [6.07, 6.45) is 2.89. The summed E-state index contributed by atoms with van der Waals surface area (Å²) in [5, 5.41) is 12.7. The van der Waals surface area contributed by atoms with E-state index in [9.17, 15) is 5.26 Å². The molecule has 2 aromatic rings. The minimum Gasteiger partial charge on any atom is -0.380 e. The fraction of sp³-hybridized carbons (Fsp3) is 0.235. The van der Waals surface area contributed by atoms with Crippen molar-refractivity contribution in [3.8, 4) is 6.07 Å². The zero-order chi connectivity index (χ0) is 15.1. The van der Waals surface area contributed by atoms with Crippen LogP contribution < -0.4 is 11.1 Å². The molecule has 3 N–H and O–H groups in total. The largest absolute Gasteiger partial charge is 0.380 e.